The Morgan fingerprint density at radius 2 is 1.80 bits per heavy atom. The van der Waals surface area contributed by atoms with Crippen molar-refractivity contribution < 1.29 is 9.53 Å². The van der Waals surface area contributed by atoms with Crippen molar-refractivity contribution in [2.24, 2.45) is 4.99 Å². The molecule has 0 saturated heterocycles. The molecule has 1 aromatic heterocycles. The third kappa shape index (κ3) is 3.28. The van der Waals surface area contributed by atoms with Crippen LogP contribution in [0.4, 0.5) is 5.69 Å². The zero-order valence-electron chi connectivity index (χ0n) is 13.9. The topological polar surface area (TPSA) is 76.4 Å². The Morgan fingerprint density at radius 1 is 1.12 bits per heavy atom. The van der Waals surface area contributed by atoms with E-state index in [9.17, 15) is 9.59 Å². The van der Waals surface area contributed by atoms with Crippen LogP contribution >= 0.6 is 0 Å². The van der Waals surface area contributed by atoms with Crippen molar-refractivity contribution in [1.29, 1.82) is 0 Å². The Bertz CT molecular complexity index is 985. The van der Waals surface area contributed by atoms with Crippen molar-refractivity contribution in [3.8, 4) is 5.69 Å². The number of hydrogen-bond donors (Lipinski definition) is 1. The number of hydrogen-bond acceptors (Lipinski definition) is 4. The summed E-state index contributed by atoms with van der Waals surface area (Å²) < 4.78 is 6.21. The molecule has 0 fully saturated rings. The van der Waals surface area contributed by atoms with Gasteiger partial charge < -0.3 is 4.74 Å². The summed E-state index contributed by atoms with van der Waals surface area (Å²) in [6.07, 6.45) is 1.47. The molecule has 0 atom stereocenters. The monoisotopic (exact) mass is 335 g/mol. The number of aliphatic imine (C=N–C) groups is 1. The van der Waals surface area contributed by atoms with E-state index >= 15 is 0 Å². The highest BCUT2D eigenvalue weighted by Crippen LogP contribution is 2.19. The maximum atomic E-state index is 12.6. The Morgan fingerprint density at radius 3 is 2.52 bits per heavy atom. The van der Waals surface area contributed by atoms with Crippen LogP contribution in [0.25, 0.3) is 5.69 Å². The normalized spacial score (nSPS) is 11.0. The van der Waals surface area contributed by atoms with Gasteiger partial charge in [-0.05, 0) is 31.2 Å². The number of ether oxygens (including phenoxy) is 1. The molecule has 25 heavy (non-hydrogen) atoms. The number of rotatable bonds is 4. The molecule has 0 aliphatic carbocycles. The van der Waals surface area contributed by atoms with Gasteiger partial charge in [0.15, 0.2) is 0 Å². The number of aromatic amines is 1. The van der Waals surface area contributed by atoms with E-state index in [0.29, 0.717) is 22.5 Å². The lowest BCUT2D eigenvalue weighted by atomic mass is 10.2. The summed E-state index contributed by atoms with van der Waals surface area (Å²) in [4.78, 5) is 28.8. The number of benzene rings is 2. The first-order valence-electron chi connectivity index (χ1n) is 7.70. The first kappa shape index (κ1) is 16.4. The number of methoxy groups -OCH3 is 1. The molecule has 0 aliphatic rings. The largest absolute Gasteiger partial charge is 0.465 e. The predicted molar refractivity (Wildman–Crippen MR) is 96.2 cm³/mol. The second-order valence-electron chi connectivity index (χ2n) is 5.39. The molecule has 3 aromatic rings. The Balaban J connectivity index is 2.00. The standard InChI is InChI=1S/C19H17N3O3/c1-13-16(18(23)22(21-13)14-8-4-3-5-9-14)12-20-17-11-7-6-10-15(17)19(24)25-2/h3-12,21H,1-2H3. The van der Waals surface area contributed by atoms with Crippen LogP contribution in [0.2, 0.25) is 0 Å². The van der Waals surface area contributed by atoms with Crippen LogP contribution in [0.5, 0.6) is 0 Å². The highest BCUT2D eigenvalue weighted by molar-refractivity contribution is 5.96. The minimum atomic E-state index is -0.472. The Hall–Kier alpha value is -3.41. The van der Waals surface area contributed by atoms with E-state index < -0.39 is 5.97 Å². The van der Waals surface area contributed by atoms with Gasteiger partial charge in [0.1, 0.15) is 0 Å². The van der Waals surface area contributed by atoms with Crippen LogP contribution in [0.1, 0.15) is 21.6 Å². The SMILES string of the molecule is COC(=O)c1ccccc1N=Cc1c(C)[nH]n(-c2ccccc2)c1=O. The Kier molecular flexibility index (Phi) is 4.61. The van der Waals surface area contributed by atoms with Gasteiger partial charge in [0.05, 0.1) is 29.6 Å². The second-order valence-corrected chi connectivity index (χ2v) is 5.39. The van der Waals surface area contributed by atoms with Crippen molar-refractivity contribution in [3.63, 3.8) is 0 Å². The molecule has 1 heterocycles. The van der Waals surface area contributed by atoms with E-state index in [1.807, 2.05) is 30.3 Å². The van der Waals surface area contributed by atoms with Gasteiger partial charge in [-0.15, -0.1) is 0 Å². The molecule has 0 saturated carbocycles. The maximum Gasteiger partial charge on any atom is 0.340 e. The van der Waals surface area contributed by atoms with Crippen molar-refractivity contribution in [2.75, 3.05) is 7.11 Å². The number of aryl methyl sites for hydroxylation is 1. The summed E-state index contributed by atoms with van der Waals surface area (Å²) in [6, 6.07) is 16.1. The smallest absolute Gasteiger partial charge is 0.340 e. The molecule has 0 radical (unpaired) electrons. The number of nitrogens with zero attached hydrogens (tertiary/aromatic N) is 2. The number of nitrogens with one attached hydrogen (secondary N) is 1. The van der Waals surface area contributed by atoms with Crippen LogP contribution in [0.3, 0.4) is 0 Å². The van der Waals surface area contributed by atoms with Crippen LogP contribution in [-0.4, -0.2) is 29.1 Å². The lowest BCUT2D eigenvalue weighted by Crippen LogP contribution is -2.17. The van der Waals surface area contributed by atoms with Crippen LogP contribution in [-0.2, 0) is 4.74 Å². The third-order valence-corrected chi connectivity index (χ3v) is 3.77. The molecule has 0 aliphatic heterocycles. The van der Waals surface area contributed by atoms with Gasteiger partial charge in [0.25, 0.3) is 5.56 Å². The maximum absolute atomic E-state index is 12.6. The van der Waals surface area contributed by atoms with Crippen LogP contribution in [0, 0.1) is 6.92 Å². The van der Waals surface area contributed by atoms with E-state index in [-0.39, 0.29) is 5.56 Å². The average molecular weight is 335 g/mol. The minimum Gasteiger partial charge on any atom is -0.465 e. The first-order chi connectivity index (χ1) is 12.1. The van der Waals surface area contributed by atoms with Crippen molar-refractivity contribution in [3.05, 3.63) is 81.8 Å². The summed E-state index contributed by atoms with van der Waals surface area (Å²) in [5, 5.41) is 3.04. The van der Waals surface area contributed by atoms with Gasteiger partial charge in [-0.25, -0.2) is 9.48 Å². The quantitative estimate of drug-likeness (QED) is 0.588. The van der Waals surface area contributed by atoms with Crippen LogP contribution < -0.4 is 5.56 Å². The van der Waals surface area contributed by atoms with E-state index in [2.05, 4.69) is 10.1 Å². The van der Waals surface area contributed by atoms with E-state index in [4.69, 9.17) is 4.74 Å². The molecule has 0 bridgehead atoms. The molecule has 126 valence electrons. The summed E-state index contributed by atoms with van der Waals surface area (Å²) in [6.45, 7) is 1.80. The molecule has 6 heteroatoms. The van der Waals surface area contributed by atoms with Gasteiger partial charge in [-0.1, -0.05) is 30.3 Å². The molecule has 0 amide bonds. The van der Waals surface area contributed by atoms with Gasteiger partial charge in [0.2, 0.25) is 0 Å². The number of aromatic nitrogens is 2. The third-order valence-electron chi connectivity index (χ3n) is 3.77. The summed E-state index contributed by atoms with van der Waals surface area (Å²) in [7, 11) is 1.32. The molecule has 0 spiro atoms. The average Bonchev–Trinajstić information content (AvgIpc) is 2.94. The Labute approximate surface area is 144 Å². The molecule has 0 unspecified atom stereocenters. The van der Waals surface area contributed by atoms with E-state index in [1.54, 1.807) is 31.2 Å². The lowest BCUT2D eigenvalue weighted by Gasteiger charge is -2.02. The molecule has 1 N–H and O–H groups in total. The summed E-state index contributed by atoms with van der Waals surface area (Å²) in [5.74, 6) is -0.472. The fraction of sp³-hybridized carbons (Fsp3) is 0.105. The second kappa shape index (κ2) is 7.00. The lowest BCUT2D eigenvalue weighted by molar-refractivity contribution is 0.0601. The van der Waals surface area contributed by atoms with E-state index in [1.165, 1.54) is 18.0 Å². The highest BCUT2D eigenvalue weighted by Gasteiger charge is 2.12. The van der Waals surface area contributed by atoms with Crippen molar-refractivity contribution >= 4 is 17.9 Å². The first-order valence-corrected chi connectivity index (χ1v) is 7.70. The summed E-state index contributed by atoms with van der Waals surface area (Å²) in [5.41, 5.74) is 2.45. The fourth-order valence-corrected chi connectivity index (χ4v) is 2.47. The number of carbonyl (C=O) groups is 1. The highest BCUT2D eigenvalue weighted by atomic mass is 16.5. The van der Waals surface area contributed by atoms with Crippen molar-refractivity contribution in [1.82, 2.24) is 9.78 Å². The van der Waals surface area contributed by atoms with Crippen molar-refractivity contribution in [2.45, 2.75) is 6.92 Å². The molecular weight excluding hydrogens is 318 g/mol. The van der Waals surface area contributed by atoms with Gasteiger partial charge >= 0.3 is 5.97 Å². The summed E-state index contributed by atoms with van der Waals surface area (Å²) >= 11 is 0. The zero-order valence-corrected chi connectivity index (χ0v) is 13.9. The van der Waals surface area contributed by atoms with Gasteiger partial charge in [-0.3, -0.25) is 14.9 Å². The molecule has 3 rings (SSSR count). The van der Waals surface area contributed by atoms with E-state index in [0.717, 1.165) is 5.69 Å². The molecule has 6 nitrogen and oxygen atoms in total. The number of esters is 1. The van der Waals surface area contributed by atoms with Gasteiger partial charge in [-0.2, -0.15) is 0 Å². The molecule has 2 aromatic carbocycles. The number of H-pyrrole nitrogens is 1. The fourth-order valence-electron chi connectivity index (χ4n) is 2.47. The minimum absolute atomic E-state index is 0.206. The number of carbonyl (C=O) groups excluding carboxylic acids is 1. The molecular formula is C19H17N3O3. The van der Waals surface area contributed by atoms with Gasteiger partial charge in [0, 0.05) is 11.9 Å². The predicted octanol–water partition coefficient (Wildman–Crippen LogP) is 3.01. The number of para-hydroxylation sites is 2. The zero-order chi connectivity index (χ0) is 17.8. The van der Waals surface area contributed by atoms with Crippen LogP contribution in [0.15, 0.2) is 64.4 Å².